The van der Waals surface area contributed by atoms with Crippen molar-refractivity contribution in [2.75, 3.05) is 12.0 Å². The van der Waals surface area contributed by atoms with Crippen molar-refractivity contribution >= 4 is 34.5 Å². The Kier molecular flexibility index (Phi) is 4.79. The molecule has 4 nitrogen and oxygen atoms in total. The molecule has 0 aliphatic carbocycles. The molecule has 0 saturated heterocycles. The highest BCUT2D eigenvalue weighted by molar-refractivity contribution is 7.98. The summed E-state index contributed by atoms with van der Waals surface area (Å²) in [5.41, 5.74) is 3.09. The quantitative estimate of drug-likeness (QED) is 0.604. The lowest BCUT2D eigenvalue weighted by Crippen LogP contribution is -2.10. The van der Waals surface area contributed by atoms with Gasteiger partial charge in [-0.2, -0.15) is 16.9 Å². The summed E-state index contributed by atoms with van der Waals surface area (Å²) < 4.78 is 4.27. The van der Waals surface area contributed by atoms with E-state index in [2.05, 4.69) is 22.8 Å². The maximum Gasteiger partial charge on any atom is 0.158 e. The third kappa shape index (κ3) is 2.77. The van der Waals surface area contributed by atoms with E-state index in [0.29, 0.717) is 0 Å². The first-order valence-electron chi connectivity index (χ1n) is 6.66. The number of rotatable bonds is 6. The Balaban J connectivity index is 2.51. The van der Waals surface area contributed by atoms with E-state index in [-0.39, 0.29) is 5.38 Å². The van der Waals surface area contributed by atoms with Gasteiger partial charge in [0, 0.05) is 13.1 Å². The molecule has 2 heterocycles. The number of thioether (sulfide) groups is 1. The van der Waals surface area contributed by atoms with Crippen molar-refractivity contribution in [2.45, 2.75) is 45.7 Å². The number of hydrogen-bond donors (Lipinski definition) is 0. The Morgan fingerprint density at radius 2 is 2.16 bits per heavy atom. The Hall–Kier alpha value is -0.680. The summed E-state index contributed by atoms with van der Waals surface area (Å²) in [7, 11) is 0. The molecule has 19 heavy (non-hydrogen) atoms. The van der Waals surface area contributed by atoms with Crippen molar-refractivity contribution in [1.29, 1.82) is 0 Å². The van der Waals surface area contributed by atoms with Crippen LogP contribution in [0.1, 0.15) is 37.2 Å². The van der Waals surface area contributed by atoms with E-state index in [9.17, 15) is 0 Å². The summed E-state index contributed by atoms with van der Waals surface area (Å²) >= 11 is 8.15. The molecular formula is C13H21ClN4S. The largest absolute Gasteiger partial charge is 0.312 e. The number of hydrogen-bond acceptors (Lipinski definition) is 3. The van der Waals surface area contributed by atoms with Crippen molar-refractivity contribution in [1.82, 2.24) is 19.3 Å². The number of aromatic nitrogens is 4. The normalized spacial score (nSPS) is 13.3. The van der Waals surface area contributed by atoms with Crippen LogP contribution in [0.4, 0.5) is 0 Å². The van der Waals surface area contributed by atoms with Crippen LogP contribution < -0.4 is 0 Å². The minimum Gasteiger partial charge on any atom is -0.312 e. The fourth-order valence-electron chi connectivity index (χ4n) is 2.35. The van der Waals surface area contributed by atoms with Crippen LogP contribution in [0, 0.1) is 6.92 Å². The summed E-state index contributed by atoms with van der Waals surface area (Å²) in [6.45, 7) is 7.90. The van der Waals surface area contributed by atoms with E-state index in [4.69, 9.17) is 16.6 Å². The van der Waals surface area contributed by atoms with Crippen LogP contribution in [0.25, 0.3) is 11.2 Å². The van der Waals surface area contributed by atoms with Gasteiger partial charge in [0.15, 0.2) is 5.65 Å². The zero-order valence-corrected chi connectivity index (χ0v) is 13.6. The van der Waals surface area contributed by atoms with Gasteiger partial charge in [-0.15, -0.1) is 11.6 Å². The fourth-order valence-corrected chi connectivity index (χ4v) is 2.94. The molecule has 0 radical (unpaired) electrons. The lowest BCUT2D eigenvalue weighted by Gasteiger charge is -2.11. The fraction of sp³-hybridized carbons (Fsp3) is 0.692. The molecule has 2 aromatic heterocycles. The van der Waals surface area contributed by atoms with Crippen LogP contribution in [0.3, 0.4) is 0 Å². The second kappa shape index (κ2) is 6.18. The van der Waals surface area contributed by atoms with Gasteiger partial charge in [-0.25, -0.2) is 9.67 Å². The Labute approximate surface area is 123 Å². The maximum atomic E-state index is 6.28. The first-order valence-corrected chi connectivity index (χ1v) is 8.49. The highest BCUT2D eigenvalue weighted by Gasteiger charge is 2.20. The van der Waals surface area contributed by atoms with E-state index in [1.807, 2.05) is 30.3 Å². The molecular weight excluding hydrogens is 280 g/mol. The molecule has 2 rings (SSSR count). The van der Waals surface area contributed by atoms with Crippen molar-refractivity contribution in [3.63, 3.8) is 0 Å². The Morgan fingerprint density at radius 1 is 1.42 bits per heavy atom. The van der Waals surface area contributed by atoms with Gasteiger partial charge in [-0.1, -0.05) is 0 Å². The average Bonchev–Trinajstić information content (AvgIpc) is 2.89. The van der Waals surface area contributed by atoms with E-state index in [1.54, 1.807) is 0 Å². The molecule has 2 aromatic rings. The van der Waals surface area contributed by atoms with Gasteiger partial charge in [0.1, 0.15) is 11.3 Å². The van der Waals surface area contributed by atoms with Gasteiger partial charge in [0.2, 0.25) is 0 Å². The number of imidazole rings is 1. The third-order valence-electron chi connectivity index (χ3n) is 3.21. The number of aryl methyl sites for hydroxylation is 3. The van der Waals surface area contributed by atoms with Gasteiger partial charge in [-0.05, 0) is 39.2 Å². The third-order valence-corrected chi connectivity index (χ3v) is 4.11. The second-order valence-electron chi connectivity index (χ2n) is 4.66. The lowest BCUT2D eigenvalue weighted by molar-refractivity contribution is 0.603. The second-order valence-corrected chi connectivity index (χ2v) is 6.30. The van der Waals surface area contributed by atoms with E-state index in [0.717, 1.165) is 47.9 Å². The molecule has 0 aliphatic heterocycles. The van der Waals surface area contributed by atoms with Crippen LogP contribution in [0.5, 0.6) is 0 Å². The molecule has 106 valence electrons. The standard InChI is InChI=1S/C13H21ClN4S/c1-5-18-13-11(10(3)16-18)15-12(9(2)14)17(13)7-6-8-19-4/h9H,5-8H2,1-4H3. The molecule has 0 fully saturated rings. The Bertz CT molecular complexity index is 558. The van der Waals surface area contributed by atoms with Gasteiger partial charge in [0.05, 0.1) is 11.1 Å². The van der Waals surface area contributed by atoms with Gasteiger partial charge >= 0.3 is 0 Å². The molecule has 1 atom stereocenters. The van der Waals surface area contributed by atoms with Crippen LogP contribution in [-0.4, -0.2) is 31.3 Å². The smallest absolute Gasteiger partial charge is 0.158 e. The molecule has 0 saturated carbocycles. The highest BCUT2D eigenvalue weighted by Crippen LogP contribution is 2.26. The van der Waals surface area contributed by atoms with Gasteiger partial charge in [0.25, 0.3) is 0 Å². The first kappa shape index (κ1) is 14.7. The zero-order valence-electron chi connectivity index (χ0n) is 12.0. The zero-order chi connectivity index (χ0) is 14.0. The molecule has 0 N–H and O–H groups in total. The van der Waals surface area contributed by atoms with E-state index in [1.165, 1.54) is 0 Å². The predicted molar refractivity (Wildman–Crippen MR) is 83.2 cm³/mol. The number of nitrogens with zero attached hydrogens (tertiary/aromatic N) is 4. The summed E-state index contributed by atoms with van der Waals surface area (Å²) in [6, 6.07) is 0. The molecule has 0 aliphatic rings. The summed E-state index contributed by atoms with van der Waals surface area (Å²) in [5.74, 6) is 2.11. The molecule has 0 bridgehead atoms. The summed E-state index contributed by atoms with van der Waals surface area (Å²) in [5, 5.41) is 4.47. The number of halogens is 1. The van der Waals surface area contributed by atoms with E-state index < -0.39 is 0 Å². The Morgan fingerprint density at radius 3 is 2.74 bits per heavy atom. The minimum atomic E-state index is -0.0774. The van der Waals surface area contributed by atoms with Crippen molar-refractivity contribution in [2.24, 2.45) is 0 Å². The SMILES string of the molecule is CCn1nc(C)c2nc(C(C)Cl)n(CCCSC)c21. The molecule has 1 unspecified atom stereocenters. The van der Waals surface area contributed by atoms with Gasteiger partial charge < -0.3 is 4.57 Å². The maximum absolute atomic E-state index is 6.28. The lowest BCUT2D eigenvalue weighted by atomic mass is 10.4. The van der Waals surface area contributed by atoms with Crippen LogP contribution in [0.2, 0.25) is 0 Å². The van der Waals surface area contributed by atoms with Crippen molar-refractivity contribution in [3.8, 4) is 0 Å². The summed E-state index contributed by atoms with van der Waals surface area (Å²) in [4.78, 5) is 4.70. The summed E-state index contributed by atoms with van der Waals surface area (Å²) in [6.07, 6.45) is 3.26. The highest BCUT2D eigenvalue weighted by atomic mass is 35.5. The predicted octanol–water partition coefficient (Wildman–Crippen LogP) is 3.61. The van der Waals surface area contributed by atoms with E-state index >= 15 is 0 Å². The first-order chi connectivity index (χ1) is 9.10. The molecule has 6 heteroatoms. The molecule has 0 aromatic carbocycles. The van der Waals surface area contributed by atoms with Crippen LogP contribution in [-0.2, 0) is 13.1 Å². The average molecular weight is 301 g/mol. The monoisotopic (exact) mass is 300 g/mol. The van der Waals surface area contributed by atoms with Crippen molar-refractivity contribution < 1.29 is 0 Å². The topological polar surface area (TPSA) is 35.6 Å². The van der Waals surface area contributed by atoms with Crippen LogP contribution in [0.15, 0.2) is 0 Å². The molecule has 0 amide bonds. The van der Waals surface area contributed by atoms with Gasteiger partial charge in [-0.3, -0.25) is 0 Å². The minimum absolute atomic E-state index is 0.0774. The van der Waals surface area contributed by atoms with Crippen LogP contribution >= 0.6 is 23.4 Å². The number of fused-ring (bicyclic) bond motifs is 1. The van der Waals surface area contributed by atoms with Crippen molar-refractivity contribution in [3.05, 3.63) is 11.5 Å². The molecule has 0 spiro atoms. The number of alkyl halides is 1.